The van der Waals surface area contributed by atoms with Gasteiger partial charge in [0.2, 0.25) is 0 Å². The summed E-state index contributed by atoms with van der Waals surface area (Å²) in [5, 5.41) is 7.53. The minimum atomic E-state index is 0.681. The fraction of sp³-hybridized carbons (Fsp3) is 0.462. The van der Waals surface area contributed by atoms with Crippen molar-refractivity contribution >= 4 is 5.82 Å². The predicted molar refractivity (Wildman–Crippen MR) is 71.7 cm³/mol. The first-order valence-electron chi connectivity index (χ1n) is 6.31. The molecule has 1 N–H and O–H groups in total. The molecule has 2 rings (SSSR count). The van der Waals surface area contributed by atoms with Crippen LogP contribution in [0.3, 0.4) is 0 Å². The molecule has 5 nitrogen and oxygen atoms in total. The highest BCUT2D eigenvalue weighted by Gasteiger charge is 2.06. The fourth-order valence-electron chi connectivity index (χ4n) is 1.83. The first kappa shape index (κ1) is 12.5. The largest absolute Gasteiger partial charge is 0.372 e. The molecule has 0 spiro atoms. The topological polar surface area (TPSA) is 55.6 Å². The van der Waals surface area contributed by atoms with Crippen molar-refractivity contribution in [1.82, 2.24) is 19.7 Å². The molecule has 0 unspecified atom stereocenters. The van der Waals surface area contributed by atoms with E-state index in [-0.39, 0.29) is 0 Å². The number of hydrogen-bond donors (Lipinski definition) is 1. The number of anilines is 1. The maximum atomic E-state index is 4.57. The number of hydrogen-bond acceptors (Lipinski definition) is 4. The van der Waals surface area contributed by atoms with Crippen LogP contribution in [0.1, 0.15) is 30.9 Å². The zero-order valence-electron chi connectivity index (χ0n) is 11.1. The van der Waals surface area contributed by atoms with Gasteiger partial charge in [-0.1, -0.05) is 13.8 Å². The van der Waals surface area contributed by atoms with Crippen molar-refractivity contribution in [1.29, 1.82) is 0 Å². The average Bonchev–Trinajstić information content (AvgIpc) is 2.82. The zero-order chi connectivity index (χ0) is 13.0. The van der Waals surface area contributed by atoms with E-state index in [4.69, 9.17) is 0 Å². The molecule has 2 aromatic heterocycles. The van der Waals surface area contributed by atoms with Gasteiger partial charge in [0.15, 0.2) is 0 Å². The van der Waals surface area contributed by atoms with Crippen molar-refractivity contribution in [2.75, 3.05) is 12.4 Å². The van der Waals surface area contributed by atoms with Crippen LogP contribution in [0, 0.1) is 0 Å². The Morgan fingerprint density at radius 2 is 1.94 bits per heavy atom. The summed E-state index contributed by atoms with van der Waals surface area (Å²) in [7, 11) is 1.83. The van der Waals surface area contributed by atoms with E-state index >= 15 is 0 Å². The molecule has 0 aromatic carbocycles. The van der Waals surface area contributed by atoms with Gasteiger partial charge in [-0.3, -0.25) is 9.67 Å². The highest BCUT2D eigenvalue weighted by atomic mass is 15.3. The second-order valence-corrected chi connectivity index (χ2v) is 4.13. The molecule has 0 bridgehead atoms. The van der Waals surface area contributed by atoms with Crippen LogP contribution >= 0.6 is 0 Å². The van der Waals surface area contributed by atoms with Crippen LogP contribution in [0.25, 0.3) is 0 Å². The van der Waals surface area contributed by atoms with E-state index in [1.807, 2.05) is 11.7 Å². The Morgan fingerprint density at radius 1 is 1.11 bits per heavy atom. The Kier molecular flexibility index (Phi) is 3.92. The lowest BCUT2D eigenvalue weighted by molar-refractivity contribution is 0.628. The average molecular weight is 245 g/mol. The van der Waals surface area contributed by atoms with Crippen LogP contribution in [0.2, 0.25) is 0 Å². The number of aryl methyl sites for hydroxylation is 2. The number of rotatable bonds is 5. The minimum Gasteiger partial charge on any atom is -0.372 e. The minimum absolute atomic E-state index is 0.681. The third-order valence-electron chi connectivity index (χ3n) is 2.91. The molecule has 0 aliphatic carbocycles. The second-order valence-electron chi connectivity index (χ2n) is 4.13. The fourth-order valence-corrected chi connectivity index (χ4v) is 1.83. The van der Waals surface area contributed by atoms with Crippen LogP contribution in [-0.4, -0.2) is 26.8 Å². The first-order valence-corrected chi connectivity index (χ1v) is 6.31. The van der Waals surface area contributed by atoms with E-state index in [0.717, 1.165) is 30.0 Å². The summed E-state index contributed by atoms with van der Waals surface area (Å²) in [5.74, 6) is 0.782. The smallest absolute Gasteiger partial charge is 0.144 e. The lowest BCUT2D eigenvalue weighted by atomic mass is 10.2. The molecule has 0 saturated heterocycles. The Morgan fingerprint density at radius 3 is 2.50 bits per heavy atom. The molecule has 0 fully saturated rings. The molecular formula is C13H19N5. The van der Waals surface area contributed by atoms with Gasteiger partial charge in [0.1, 0.15) is 5.82 Å². The summed E-state index contributed by atoms with van der Waals surface area (Å²) in [6, 6.07) is 2.16. The third-order valence-corrected chi connectivity index (χ3v) is 2.91. The molecular weight excluding hydrogens is 226 g/mol. The van der Waals surface area contributed by atoms with Gasteiger partial charge in [-0.15, -0.1) is 0 Å². The number of aromatic nitrogens is 4. The van der Waals surface area contributed by atoms with E-state index in [2.05, 4.69) is 40.3 Å². The maximum absolute atomic E-state index is 4.57. The highest BCUT2D eigenvalue weighted by Crippen LogP contribution is 2.09. The van der Waals surface area contributed by atoms with Gasteiger partial charge in [-0.05, 0) is 18.9 Å². The van der Waals surface area contributed by atoms with Crippen LogP contribution in [-0.2, 0) is 19.4 Å². The second kappa shape index (κ2) is 5.62. The molecule has 5 heteroatoms. The first-order chi connectivity index (χ1) is 8.76. The van der Waals surface area contributed by atoms with Crippen molar-refractivity contribution in [2.45, 2.75) is 33.2 Å². The maximum Gasteiger partial charge on any atom is 0.144 e. The quantitative estimate of drug-likeness (QED) is 0.874. The Bertz CT molecular complexity index is 501. The molecule has 0 saturated carbocycles. The van der Waals surface area contributed by atoms with Crippen molar-refractivity contribution in [3.8, 4) is 0 Å². The lowest BCUT2D eigenvalue weighted by Crippen LogP contribution is -2.08. The third kappa shape index (κ3) is 2.67. The molecule has 0 aliphatic heterocycles. The molecule has 0 radical (unpaired) electrons. The van der Waals surface area contributed by atoms with E-state index in [1.54, 1.807) is 12.4 Å². The number of nitrogens with zero attached hydrogens (tertiary/aromatic N) is 4. The van der Waals surface area contributed by atoms with Crippen LogP contribution in [0.5, 0.6) is 0 Å². The van der Waals surface area contributed by atoms with Gasteiger partial charge >= 0.3 is 0 Å². The van der Waals surface area contributed by atoms with Gasteiger partial charge in [0.05, 0.1) is 30.3 Å². The van der Waals surface area contributed by atoms with E-state index in [9.17, 15) is 0 Å². The normalized spacial score (nSPS) is 10.6. The van der Waals surface area contributed by atoms with Crippen LogP contribution in [0.4, 0.5) is 5.82 Å². The molecule has 0 atom stereocenters. The Hall–Kier alpha value is -1.91. The summed E-state index contributed by atoms with van der Waals surface area (Å²) in [4.78, 5) is 8.63. The summed E-state index contributed by atoms with van der Waals surface area (Å²) in [6.07, 6.45) is 5.48. The molecule has 2 aromatic rings. The standard InChI is InChI=1S/C13H19N5/c1-4-10-6-12(5-2)18(17-10)9-11-7-16-13(14-3)8-15-11/h6-8H,4-5,9H2,1-3H3,(H,14,16). The van der Waals surface area contributed by atoms with Gasteiger partial charge in [-0.25, -0.2) is 4.98 Å². The summed E-state index contributed by atoms with van der Waals surface area (Å²) in [5.41, 5.74) is 3.30. The van der Waals surface area contributed by atoms with Gasteiger partial charge in [0.25, 0.3) is 0 Å². The van der Waals surface area contributed by atoms with Crippen molar-refractivity contribution in [3.63, 3.8) is 0 Å². The van der Waals surface area contributed by atoms with Gasteiger partial charge in [0, 0.05) is 12.7 Å². The lowest BCUT2D eigenvalue weighted by Gasteiger charge is -2.05. The van der Waals surface area contributed by atoms with Crippen molar-refractivity contribution in [3.05, 3.63) is 35.5 Å². The molecule has 2 heterocycles. The zero-order valence-corrected chi connectivity index (χ0v) is 11.1. The SMILES string of the molecule is CCc1cc(CC)n(Cc2cnc(NC)cn2)n1. The molecule has 0 amide bonds. The van der Waals surface area contributed by atoms with Crippen molar-refractivity contribution in [2.24, 2.45) is 0 Å². The van der Waals surface area contributed by atoms with E-state index < -0.39 is 0 Å². The predicted octanol–water partition coefficient (Wildman–Crippen LogP) is 1.89. The van der Waals surface area contributed by atoms with Gasteiger partial charge < -0.3 is 5.32 Å². The monoisotopic (exact) mass is 245 g/mol. The van der Waals surface area contributed by atoms with Crippen molar-refractivity contribution < 1.29 is 0 Å². The number of nitrogens with one attached hydrogen (secondary N) is 1. The van der Waals surface area contributed by atoms with E-state index in [1.165, 1.54) is 5.69 Å². The highest BCUT2D eigenvalue weighted by molar-refractivity contribution is 5.29. The van der Waals surface area contributed by atoms with Gasteiger partial charge in [-0.2, -0.15) is 5.10 Å². The van der Waals surface area contributed by atoms with Crippen LogP contribution < -0.4 is 5.32 Å². The molecule has 18 heavy (non-hydrogen) atoms. The summed E-state index contributed by atoms with van der Waals surface area (Å²) in [6.45, 7) is 4.94. The summed E-state index contributed by atoms with van der Waals surface area (Å²) >= 11 is 0. The molecule has 0 aliphatic rings. The van der Waals surface area contributed by atoms with E-state index in [0.29, 0.717) is 6.54 Å². The van der Waals surface area contributed by atoms with Crippen LogP contribution in [0.15, 0.2) is 18.5 Å². The Balaban J connectivity index is 2.18. The summed E-state index contributed by atoms with van der Waals surface area (Å²) < 4.78 is 2.02. The molecule has 96 valence electrons. The Labute approximate surface area is 107 Å².